The number of unbranched alkanes of at least 4 members (excludes halogenated alkanes) is 2. The second-order valence-electron chi connectivity index (χ2n) is 9.00. The summed E-state index contributed by atoms with van der Waals surface area (Å²) in [5.41, 5.74) is 1.06. The molecule has 0 saturated heterocycles. The molecule has 0 radical (unpaired) electrons. The number of carboxylic acid groups (broad SMARTS) is 1. The lowest BCUT2D eigenvalue weighted by molar-refractivity contribution is -0.661. The molecule has 0 aliphatic carbocycles. The van der Waals surface area contributed by atoms with Crippen molar-refractivity contribution in [1.82, 2.24) is 4.98 Å². The van der Waals surface area contributed by atoms with Crippen LogP contribution in [0.25, 0.3) is 44.4 Å². The number of hydrogen-bond donors (Lipinski definition) is 1. The lowest BCUT2D eigenvalue weighted by Gasteiger charge is -2.11. The van der Waals surface area contributed by atoms with E-state index < -0.39 is 36.0 Å². The van der Waals surface area contributed by atoms with Crippen LogP contribution >= 0.6 is 0 Å². The SMILES string of the molecule is O=C(O)CCCCC[n+]1c(-c2nc3c(o2)c(S(=O)(=O)[O-])cc2cc(S(=O)(=O)[O-])ccc23)ccc2ccccc21. The number of nitrogens with zero attached hydrogens (tertiary/aromatic N) is 2. The van der Waals surface area contributed by atoms with Gasteiger partial charge in [-0.1, -0.05) is 18.2 Å². The zero-order valence-corrected chi connectivity index (χ0v) is 21.9. The Morgan fingerprint density at radius 3 is 2.38 bits per heavy atom. The van der Waals surface area contributed by atoms with Gasteiger partial charge in [-0.05, 0) is 48.6 Å². The molecule has 11 nitrogen and oxygen atoms in total. The number of rotatable bonds is 9. The summed E-state index contributed by atoms with van der Waals surface area (Å²) in [6, 6.07) is 15.5. The second-order valence-corrected chi connectivity index (χ2v) is 11.7. The van der Waals surface area contributed by atoms with Crippen LogP contribution in [0.4, 0.5) is 0 Å². The summed E-state index contributed by atoms with van der Waals surface area (Å²) in [5, 5.41) is 10.1. The molecule has 13 heteroatoms. The molecule has 0 amide bonds. The van der Waals surface area contributed by atoms with Crippen molar-refractivity contribution in [3.8, 4) is 11.6 Å². The number of aromatic nitrogens is 2. The fourth-order valence-electron chi connectivity index (χ4n) is 4.62. The number of hydrogen-bond acceptors (Lipinski definition) is 9. The molecular formula is C26H21N2O9S2-. The molecule has 5 aromatic rings. The van der Waals surface area contributed by atoms with E-state index in [-0.39, 0.29) is 28.8 Å². The smallest absolute Gasteiger partial charge is 0.303 e. The van der Waals surface area contributed by atoms with Crippen LogP contribution in [0, 0.1) is 0 Å². The van der Waals surface area contributed by atoms with Crippen molar-refractivity contribution in [3.05, 3.63) is 60.7 Å². The highest BCUT2D eigenvalue weighted by molar-refractivity contribution is 7.86. The molecule has 0 fully saturated rings. The number of benzene rings is 3. The van der Waals surface area contributed by atoms with E-state index in [0.29, 0.717) is 36.9 Å². The molecule has 0 bridgehead atoms. The molecule has 0 atom stereocenters. The maximum atomic E-state index is 12.1. The van der Waals surface area contributed by atoms with Gasteiger partial charge in [0.15, 0.2) is 5.58 Å². The first-order valence-electron chi connectivity index (χ1n) is 11.9. The molecule has 0 unspecified atom stereocenters. The van der Waals surface area contributed by atoms with Gasteiger partial charge in [-0.25, -0.2) is 21.8 Å². The zero-order chi connectivity index (χ0) is 27.9. The van der Waals surface area contributed by atoms with Gasteiger partial charge in [-0.3, -0.25) is 4.79 Å². The molecule has 39 heavy (non-hydrogen) atoms. The van der Waals surface area contributed by atoms with Crippen LogP contribution in [0.1, 0.15) is 25.7 Å². The van der Waals surface area contributed by atoms with Crippen LogP contribution < -0.4 is 4.57 Å². The maximum Gasteiger partial charge on any atom is 0.303 e. The van der Waals surface area contributed by atoms with Crippen LogP contribution in [0.5, 0.6) is 0 Å². The van der Waals surface area contributed by atoms with Gasteiger partial charge in [0.05, 0.1) is 9.79 Å². The Morgan fingerprint density at radius 2 is 1.67 bits per heavy atom. The summed E-state index contributed by atoms with van der Waals surface area (Å²) < 4.78 is 78.8. The number of para-hydroxylation sites is 1. The third kappa shape index (κ3) is 5.34. The molecule has 5 rings (SSSR count). The summed E-state index contributed by atoms with van der Waals surface area (Å²) >= 11 is 0. The molecule has 1 N–H and O–H groups in total. The van der Waals surface area contributed by atoms with E-state index >= 15 is 0 Å². The van der Waals surface area contributed by atoms with Gasteiger partial charge in [-0.15, -0.1) is 0 Å². The van der Waals surface area contributed by atoms with Gasteiger partial charge in [-0.2, -0.15) is 4.57 Å². The first kappa shape index (κ1) is 26.7. The number of carboxylic acids is 1. The molecular weight excluding hydrogens is 548 g/mol. The second kappa shape index (κ2) is 10.0. The van der Waals surface area contributed by atoms with E-state index in [1.54, 1.807) is 6.07 Å². The van der Waals surface area contributed by atoms with Crippen molar-refractivity contribution in [2.45, 2.75) is 42.0 Å². The summed E-state index contributed by atoms with van der Waals surface area (Å²) in [6.45, 7) is 0.479. The summed E-state index contributed by atoms with van der Waals surface area (Å²) in [6.07, 6.45) is 1.88. The highest BCUT2D eigenvalue weighted by Crippen LogP contribution is 2.35. The van der Waals surface area contributed by atoms with Crippen molar-refractivity contribution in [2.75, 3.05) is 0 Å². The number of fused-ring (bicyclic) bond motifs is 4. The zero-order valence-electron chi connectivity index (χ0n) is 20.2. The topological polar surface area (TPSA) is 182 Å². The number of aryl methyl sites for hydroxylation is 1. The van der Waals surface area contributed by atoms with Crippen LogP contribution in [0.15, 0.2) is 74.9 Å². The molecule has 2 heterocycles. The third-order valence-electron chi connectivity index (χ3n) is 6.40. The first-order chi connectivity index (χ1) is 18.4. The highest BCUT2D eigenvalue weighted by atomic mass is 32.2. The summed E-state index contributed by atoms with van der Waals surface area (Å²) in [5.74, 6) is -0.837. The van der Waals surface area contributed by atoms with Gasteiger partial charge in [0.2, 0.25) is 5.52 Å². The van der Waals surface area contributed by atoms with E-state index in [1.807, 2.05) is 34.9 Å². The summed E-state index contributed by atoms with van der Waals surface area (Å²) in [7, 11) is -9.91. The van der Waals surface area contributed by atoms with Gasteiger partial charge in [0.1, 0.15) is 32.3 Å². The molecule has 0 saturated carbocycles. The van der Waals surface area contributed by atoms with E-state index in [9.17, 15) is 30.7 Å². The van der Waals surface area contributed by atoms with Crippen LogP contribution in [-0.2, 0) is 31.6 Å². The Bertz CT molecular complexity index is 1980. The van der Waals surface area contributed by atoms with Crippen molar-refractivity contribution in [3.63, 3.8) is 0 Å². The van der Waals surface area contributed by atoms with Gasteiger partial charge >= 0.3 is 5.97 Å². The number of pyridine rings is 1. The third-order valence-corrected chi connectivity index (χ3v) is 8.08. The Morgan fingerprint density at radius 1 is 0.897 bits per heavy atom. The highest BCUT2D eigenvalue weighted by Gasteiger charge is 2.25. The van der Waals surface area contributed by atoms with Crippen molar-refractivity contribution in [1.29, 1.82) is 0 Å². The maximum absolute atomic E-state index is 12.1. The minimum Gasteiger partial charge on any atom is -0.744 e. The minimum atomic E-state index is -5.08. The Kier molecular flexibility index (Phi) is 6.84. The standard InChI is InChI=1S/C26H22N2O9S2/c29-23(30)8-2-1-5-13-28-20-7-4-3-6-16(20)9-12-21(28)26-27-24-19-11-10-18(38(31,32)33)14-17(19)15-22(25(24)37-26)39(34,35)36/h3-4,6-7,9-12,14-15H,1-2,5,8,13H2,(H2-,29,30,31,32,33,34,35,36)/p-1. The number of aliphatic carboxylic acids is 1. The molecule has 0 spiro atoms. The Hall–Kier alpha value is -3.91. The van der Waals surface area contributed by atoms with Gasteiger partial charge < -0.3 is 18.6 Å². The molecule has 2 aromatic heterocycles. The van der Waals surface area contributed by atoms with E-state index in [4.69, 9.17) is 9.52 Å². The lowest BCUT2D eigenvalue weighted by Crippen LogP contribution is -2.37. The quantitative estimate of drug-likeness (QED) is 0.157. The Labute approximate surface area is 222 Å². The number of oxazole rings is 1. The van der Waals surface area contributed by atoms with Crippen molar-refractivity contribution < 1.29 is 44.8 Å². The first-order valence-corrected chi connectivity index (χ1v) is 14.7. The van der Waals surface area contributed by atoms with Crippen LogP contribution in [0.2, 0.25) is 0 Å². The normalized spacial score (nSPS) is 12.5. The van der Waals surface area contributed by atoms with Crippen LogP contribution in [0.3, 0.4) is 0 Å². The number of carbonyl (C=O) groups is 1. The average molecular weight is 570 g/mol. The lowest BCUT2D eigenvalue weighted by atomic mass is 10.1. The minimum absolute atomic E-state index is 0.0212. The van der Waals surface area contributed by atoms with E-state index in [1.165, 1.54) is 6.07 Å². The molecule has 0 aliphatic rings. The fourth-order valence-corrected chi connectivity index (χ4v) is 5.76. The van der Waals surface area contributed by atoms with Gasteiger partial charge in [0, 0.05) is 35.7 Å². The molecule has 3 aromatic carbocycles. The fraction of sp³-hybridized carbons (Fsp3) is 0.192. The monoisotopic (exact) mass is 569 g/mol. The Balaban J connectivity index is 1.70. The predicted molar refractivity (Wildman–Crippen MR) is 137 cm³/mol. The van der Waals surface area contributed by atoms with Gasteiger partial charge in [0.25, 0.3) is 11.6 Å². The largest absolute Gasteiger partial charge is 0.744 e. The summed E-state index contributed by atoms with van der Waals surface area (Å²) in [4.78, 5) is 14.1. The predicted octanol–water partition coefficient (Wildman–Crippen LogP) is 3.54. The molecule has 0 aliphatic heterocycles. The van der Waals surface area contributed by atoms with Crippen molar-refractivity contribution in [2.24, 2.45) is 0 Å². The van der Waals surface area contributed by atoms with Crippen LogP contribution in [-0.4, -0.2) is 42.0 Å². The van der Waals surface area contributed by atoms with E-state index in [2.05, 4.69) is 4.98 Å². The van der Waals surface area contributed by atoms with E-state index in [0.717, 1.165) is 29.1 Å². The average Bonchev–Trinajstić information content (AvgIpc) is 3.31. The molecule has 202 valence electrons. The van der Waals surface area contributed by atoms with Crippen molar-refractivity contribution >= 4 is 59.0 Å².